The van der Waals surface area contributed by atoms with Gasteiger partial charge in [-0.15, -0.1) is 0 Å². The van der Waals surface area contributed by atoms with Crippen LogP contribution in [0.1, 0.15) is 11.3 Å². The minimum atomic E-state index is -0.330. The zero-order valence-electron chi connectivity index (χ0n) is 10.5. The number of nitrogens with zero attached hydrogens (tertiary/aromatic N) is 2. The Hall–Kier alpha value is -2.28. The van der Waals surface area contributed by atoms with Crippen LogP contribution in [0.5, 0.6) is 5.75 Å². The predicted octanol–water partition coefficient (Wildman–Crippen LogP) is 3.02. The fraction of sp³-hybridized carbons (Fsp3) is 0.214. The number of nitriles is 1. The van der Waals surface area contributed by atoms with E-state index in [4.69, 9.17) is 10.00 Å². The third kappa shape index (κ3) is 1.84. The Morgan fingerprint density at radius 1 is 1.33 bits per heavy atom. The number of methoxy groups -OCH3 is 1. The van der Waals surface area contributed by atoms with Crippen LogP contribution in [0.2, 0.25) is 0 Å². The number of hydrogen-bond donors (Lipinski definition) is 0. The Labute approximate surface area is 105 Å². The molecular weight excluding hydrogens is 231 g/mol. The first-order valence-electron chi connectivity index (χ1n) is 5.48. The van der Waals surface area contributed by atoms with Gasteiger partial charge in [0.05, 0.1) is 18.4 Å². The van der Waals surface area contributed by atoms with Gasteiger partial charge in [-0.2, -0.15) is 5.26 Å². The number of hydrogen-bond acceptors (Lipinski definition) is 2. The third-order valence-electron chi connectivity index (χ3n) is 3.09. The van der Waals surface area contributed by atoms with E-state index >= 15 is 0 Å². The van der Waals surface area contributed by atoms with Crippen molar-refractivity contribution in [3.05, 3.63) is 41.3 Å². The Bertz CT molecular complexity index is 638. The lowest BCUT2D eigenvalue weighted by Crippen LogP contribution is -1.97. The van der Waals surface area contributed by atoms with E-state index in [1.165, 1.54) is 19.2 Å². The number of benzene rings is 1. The van der Waals surface area contributed by atoms with Gasteiger partial charge >= 0.3 is 0 Å². The number of halogens is 1. The van der Waals surface area contributed by atoms with E-state index in [1.54, 1.807) is 12.1 Å². The van der Waals surface area contributed by atoms with Crippen molar-refractivity contribution in [3.8, 4) is 23.1 Å². The highest BCUT2D eigenvalue weighted by atomic mass is 19.1. The van der Waals surface area contributed by atoms with Crippen LogP contribution in [0.25, 0.3) is 11.3 Å². The van der Waals surface area contributed by atoms with Gasteiger partial charge in [0.15, 0.2) is 0 Å². The second kappa shape index (κ2) is 4.53. The summed E-state index contributed by atoms with van der Waals surface area (Å²) in [6.45, 7) is 1.85. The SMILES string of the molecule is COc1ccc(F)cc1-c1cc(C#N)c(C)n1C. The van der Waals surface area contributed by atoms with E-state index in [9.17, 15) is 4.39 Å². The summed E-state index contributed by atoms with van der Waals surface area (Å²) in [5.74, 6) is 0.254. The minimum absolute atomic E-state index is 0.330. The summed E-state index contributed by atoms with van der Waals surface area (Å²) in [7, 11) is 3.38. The summed E-state index contributed by atoms with van der Waals surface area (Å²) < 4.78 is 20.4. The second-order valence-corrected chi connectivity index (χ2v) is 4.04. The molecular formula is C14H13FN2O. The van der Waals surface area contributed by atoms with Gasteiger partial charge in [0, 0.05) is 18.3 Å². The molecule has 0 spiro atoms. The number of ether oxygens (including phenoxy) is 1. The smallest absolute Gasteiger partial charge is 0.128 e. The van der Waals surface area contributed by atoms with Crippen LogP contribution in [0.4, 0.5) is 4.39 Å². The molecule has 0 saturated carbocycles. The van der Waals surface area contributed by atoms with Crippen LogP contribution in [0, 0.1) is 24.1 Å². The van der Waals surface area contributed by atoms with Crippen LogP contribution in [-0.4, -0.2) is 11.7 Å². The molecule has 3 nitrogen and oxygen atoms in total. The van der Waals surface area contributed by atoms with Crippen molar-refractivity contribution in [1.29, 1.82) is 5.26 Å². The third-order valence-corrected chi connectivity index (χ3v) is 3.09. The van der Waals surface area contributed by atoms with Crippen molar-refractivity contribution in [2.24, 2.45) is 7.05 Å². The first-order chi connectivity index (χ1) is 8.58. The van der Waals surface area contributed by atoms with Gasteiger partial charge in [-0.3, -0.25) is 0 Å². The minimum Gasteiger partial charge on any atom is -0.496 e. The number of rotatable bonds is 2. The second-order valence-electron chi connectivity index (χ2n) is 4.04. The van der Waals surface area contributed by atoms with Crippen molar-refractivity contribution >= 4 is 0 Å². The fourth-order valence-electron chi connectivity index (χ4n) is 1.95. The summed E-state index contributed by atoms with van der Waals surface area (Å²) in [4.78, 5) is 0. The molecule has 92 valence electrons. The van der Waals surface area contributed by atoms with Crippen molar-refractivity contribution < 1.29 is 9.13 Å². The van der Waals surface area contributed by atoms with Gasteiger partial charge in [0.25, 0.3) is 0 Å². The highest BCUT2D eigenvalue weighted by Crippen LogP contribution is 2.32. The molecule has 4 heteroatoms. The molecule has 1 aromatic heterocycles. The van der Waals surface area contributed by atoms with Crippen molar-refractivity contribution in [3.63, 3.8) is 0 Å². The summed E-state index contributed by atoms with van der Waals surface area (Å²) in [6, 6.07) is 8.21. The maximum Gasteiger partial charge on any atom is 0.128 e. The highest BCUT2D eigenvalue weighted by molar-refractivity contribution is 5.70. The Balaban J connectivity index is 2.69. The Morgan fingerprint density at radius 3 is 2.61 bits per heavy atom. The lowest BCUT2D eigenvalue weighted by atomic mass is 10.1. The Morgan fingerprint density at radius 2 is 2.06 bits per heavy atom. The van der Waals surface area contributed by atoms with E-state index in [0.717, 1.165) is 11.4 Å². The van der Waals surface area contributed by atoms with Crippen LogP contribution in [0.3, 0.4) is 0 Å². The molecule has 2 rings (SSSR count). The van der Waals surface area contributed by atoms with Crippen LogP contribution in [0.15, 0.2) is 24.3 Å². The fourth-order valence-corrected chi connectivity index (χ4v) is 1.95. The molecule has 0 amide bonds. The molecule has 0 atom stereocenters. The monoisotopic (exact) mass is 244 g/mol. The average molecular weight is 244 g/mol. The van der Waals surface area contributed by atoms with Gasteiger partial charge in [0.2, 0.25) is 0 Å². The molecule has 18 heavy (non-hydrogen) atoms. The molecule has 2 aromatic rings. The lowest BCUT2D eigenvalue weighted by molar-refractivity contribution is 0.415. The largest absolute Gasteiger partial charge is 0.496 e. The summed E-state index contributed by atoms with van der Waals surface area (Å²) in [5.41, 5.74) is 2.84. The molecule has 0 bridgehead atoms. The topological polar surface area (TPSA) is 37.9 Å². The molecule has 0 aliphatic carbocycles. The maximum absolute atomic E-state index is 13.4. The molecule has 0 aliphatic heterocycles. The van der Waals surface area contributed by atoms with Crippen LogP contribution in [-0.2, 0) is 7.05 Å². The van der Waals surface area contributed by atoms with E-state index in [2.05, 4.69) is 6.07 Å². The summed E-state index contributed by atoms with van der Waals surface area (Å²) >= 11 is 0. The molecule has 0 unspecified atom stereocenters. The van der Waals surface area contributed by atoms with Gasteiger partial charge < -0.3 is 9.30 Å². The van der Waals surface area contributed by atoms with Gasteiger partial charge in [-0.1, -0.05) is 0 Å². The molecule has 0 fully saturated rings. The zero-order valence-corrected chi connectivity index (χ0v) is 10.5. The normalized spacial score (nSPS) is 10.2. The van der Waals surface area contributed by atoms with Crippen molar-refractivity contribution in [2.75, 3.05) is 7.11 Å². The van der Waals surface area contributed by atoms with Crippen LogP contribution >= 0.6 is 0 Å². The average Bonchev–Trinajstić information content (AvgIpc) is 2.66. The van der Waals surface area contributed by atoms with E-state index in [0.29, 0.717) is 16.9 Å². The van der Waals surface area contributed by atoms with Crippen molar-refractivity contribution in [1.82, 2.24) is 4.57 Å². The van der Waals surface area contributed by atoms with E-state index in [-0.39, 0.29) is 5.82 Å². The van der Waals surface area contributed by atoms with Gasteiger partial charge in [0.1, 0.15) is 17.6 Å². The lowest BCUT2D eigenvalue weighted by Gasteiger charge is -2.10. The highest BCUT2D eigenvalue weighted by Gasteiger charge is 2.14. The quantitative estimate of drug-likeness (QED) is 0.814. The first-order valence-corrected chi connectivity index (χ1v) is 5.48. The van der Waals surface area contributed by atoms with Gasteiger partial charge in [-0.25, -0.2) is 4.39 Å². The zero-order chi connectivity index (χ0) is 13.3. The molecule has 0 N–H and O–H groups in total. The molecule has 0 radical (unpaired) electrons. The van der Waals surface area contributed by atoms with E-state index < -0.39 is 0 Å². The molecule has 0 aliphatic rings. The maximum atomic E-state index is 13.4. The first kappa shape index (κ1) is 12.2. The Kier molecular flexibility index (Phi) is 3.07. The summed E-state index contributed by atoms with van der Waals surface area (Å²) in [6.07, 6.45) is 0. The van der Waals surface area contributed by atoms with Crippen LogP contribution < -0.4 is 4.74 Å². The summed E-state index contributed by atoms with van der Waals surface area (Å²) in [5, 5.41) is 9.02. The number of aromatic nitrogens is 1. The van der Waals surface area contributed by atoms with Gasteiger partial charge in [-0.05, 0) is 31.2 Å². The van der Waals surface area contributed by atoms with E-state index in [1.807, 2.05) is 18.5 Å². The molecule has 1 aromatic carbocycles. The predicted molar refractivity (Wildman–Crippen MR) is 66.8 cm³/mol. The standard InChI is InChI=1S/C14H13FN2O/c1-9-10(8-16)6-13(17(9)2)12-7-11(15)4-5-14(12)18-3/h4-7H,1-3H3. The molecule has 0 saturated heterocycles. The van der Waals surface area contributed by atoms with Crippen molar-refractivity contribution in [2.45, 2.75) is 6.92 Å². The molecule has 1 heterocycles.